The summed E-state index contributed by atoms with van der Waals surface area (Å²) >= 11 is 0. The molecule has 0 aliphatic rings. The van der Waals surface area contributed by atoms with E-state index in [9.17, 15) is 4.79 Å². The van der Waals surface area contributed by atoms with E-state index in [0.717, 1.165) is 19.4 Å². The standard InChI is InChI=1S/C10H23N3O/c1-10(2,3)13-8-9(14)12-7-5-4-6-11/h13H,4-8,11H2,1-3H3,(H,12,14). The van der Waals surface area contributed by atoms with Crippen LogP contribution in [0.1, 0.15) is 33.6 Å². The van der Waals surface area contributed by atoms with Crippen molar-refractivity contribution in [2.75, 3.05) is 19.6 Å². The molecule has 0 atom stereocenters. The first-order valence-electron chi connectivity index (χ1n) is 5.17. The first-order chi connectivity index (χ1) is 6.45. The van der Waals surface area contributed by atoms with Gasteiger partial charge in [-0.1, -0.05) is 0 Å². The van der Waals surface area contributed by atoms with Gasteiger partial charge in [-0.25, -0.2) is 0 Å². The quantitative estimate of drug-likeness (QED) is 0.539. The summed E-state index contributed by atoms with van der Waals surface area (Å²) in [4.78, 5) is 11.2. The number of unbranched alkanes of at least 4 members (excludes halogenated alkanes) is 1. The third kappa shape index (κ3) is 9.48. The summed E-state index contributed by atoms with van der Waals surface area (Å²) in [6.45, 7) is 7.90. The van der Waals surface area contributed by atoms with Crippen LogP contribution in [0.2, 0.25) is 0 Å². The maximum atomic E-state index is 11.2. The van der Waals surface area contributed by atoms with Crippen molar-refractivity contribution in [3.8, 4) is 0 Å². The average Bonchev–Trinajstić information content (AvgIpc) is 2.08. The number of nitrogens with two attached hydrogens (primary N) is 1. The molecule has 0 spiro atoms. The highest BCUT2D eigenvalue weighted by atomic mass is 16.1. The van der Waals surface area contributed by atoms with Gasteiger partial charge in [-0.15, -0.1) is 0 Å². The number of rotatable bonds is 6. The molecule has 4 heteroatoms. The van der Waals surface area contributed by atoms with Crippen molar-refractivity contribution in [3.05, 3.63) is 0 Å². The second-order valence-electron chi connectivity index (χ2n) is 4.45. The molecule has 0 radical (unpaired) electrons. The molecule has 0 aromatic rings. The van der Waals surface area contributed by atoms with E-state index in [1.165, 1.54) is 0 Å². The van der Waals surface area contributed by atoms with Gasteiger partial charge < -0.3 is 16.4 Å². The number of carbonyl (C=O) groups is 1. The largest absolute Gasteiger partial charge is 0.355 e. The minimum Gasteiger partial charge on any atom is -0.355 e. The second-order valence-corrected chi connectivity index (χ2v) is 4.45. The van der Waals surface area contributed by atoms with Crippen molar-refractivity contribution in [2.45, 2.75) is 39.2 Å². The van der Waals surface area contributed by atoms with E-state index in [0.29, 0.717) is 13.1 Å². The van der Waals surface area contributed by atoms with Gasteiger partial charge in [0.2, 0.25) is 5.91 Å². The van der Waals surface area contributed by atoms with Crippen molar-refractivity contribution in [2.24, 2.45) is 5.73 Å². The van der Waals surface area contributed by atoms with Crippen molar-refractivity contribution in [1.29, 1.82) is 0 Å². The number of hydrogen-bond acceptors (Lipinski definition) is 3. The van der Waals surface area contributed by atoms with Gasteiger partial charge in [0.25, 0.3) is 0 Å². The molecular weight excluding hydrogens is 178 g/mol. The van der Waals surface area contributed by atoms with Gasteiger partial charge >= 0.3 is 0 Å². The highest BCUT2D eigenvalue weighted by Crippen LogP contribution is 1.96. The number of amides is 1. The van der Waals surface area contributed by atoms with Gasteiger partial charge in [0.15, 0.2) is 0 Å². The Kier molecular flexibility index (Phi) is 6.49. The highest BCUT2D eigenvalue weighted by molar-refractivity contribution is 5.78. The highest BCUT2D eigenvalue weighted by Gasteiger charge is 2.10. The average molecular weight is 201 g/mol. The van der Waals surface area contributed by atoms with Crippen LogP contribution < -0.4 is 16.4 Å². The Balaban J connectivity index is 3.38. The van der Waals surface area contributed by atoms with E-state index < -0.39 is 0 Å². The first-order valence-corrected chi connectivity index (χ1v) is 5.17. The zero-order chi connectivity index (χ0) is 11.0. The molecule has 0 aromatic heterocycles. The molecule has 4 nitrogen and oxygen atoms in total. The molecule has 0 bridgehead atoms. The normalized spacial score (nSPS) is 11.4. The molecule has 0 heterocycles. The number of nitrogens with one attached hydrogen (secondary N) is 2. The Morgan fingerprint density at radius 3 is 2.43 bits per heavy atom. The third-order valence-electron chi connectivity index (χ3n) is 1.73. The Hall–Kier alpha value is -0.610. The predicted octanol–water partition coefficient (Wildman–Crippen LogP) is 0.230. The molecule has 0 aliphatic carbocycles. The Labute approximate surface area is 86.6 Å². The lowest BCUT2D eigenvalue weighted by Gasteiger charge is -2.19. The van der Waals surface area contributed by atoms with Crippen molar-refractivity contribution < 1.29 is 4.79 Å². The van der Waals surface area contributed by atoms with Crippen LogP contribution in [0.25, 0.3) is 0 Å². The summed E-state index contributed by atoms with van der Waals surface area (Å²) < 4.78 is 0. The molecule has 4 N–H and O–H groups in total. The van der Waals surface area contributed by atoms with Crippen LogP contribution in [0, 0.1) is 0 Å². The van der Waals surface area contributed by atoms with Gasteiger partial charge in [-0.2, -0.15) is 0 Å². The molecular formula is C10H23N3O. The van der Waals surface area contributed by atoms with Gasteiger partial charge in [0, 0.05) is 12.1 Å². The van der Waals surface area contributed by atoms with E-state index in [-0.39, 0.29) is 11.4 Å². The minimum atomic E-state index is -0.00536. The summed E-state index contributed by atoms with van der Waals surface area (Å²) in [7, 11) is 0. The Morgan fingerprint density at radius 1 is 1.29 bits per heavy atom. The lowest BCUT2D eigenvalue weighted by molar-refractivity contribution is -0.120. The first kappa shape index (κ1) is 13.4. The van der Waals surface area contributed by atoms with Gasteiger partial charge in [0.05, 0.1) is 6.54 Å². The van der Waals surface area contributed by atoms with E-state index in [4.69, 9.17) is 5.73 Å². The summed E-state index contributed by atoms with van der Waals surface area (Å²) in [6.07, 6.45) is 1.92. The molecule has 14 heavy (non-hydrogen) atoms. The van der Waals surface area contributed by atoms with E-state index in [1.54, 1.807) is 0 Å². The lowest BCUT2D eigenvalue weighted by atomic mass is 10.1. The van der Waals surface area contributed by atoms with Gasteiger partial charge in [0.1, 0.15) is 0 Å². The molecule has 0 rings (SSSR count). The zero-order valence-corrected chi connectivity index (χ0v) is 9.52. The smallest absolute Gasteiger partial charge is 0.233 e. The van der Waals surface area contributed by atoms with Crippen LogP contribution in [0.3, 0.4) is 0 Å². The second kappa shape index (κ2) is 6.79. The maximum absolute atomic E-state index is 11.2. The third-order valence-corrected chi connectivity index (χ3v) is 1.73. The van der Waals surface area contributed by atoms with Gasteiger partial charge in [-0.3, -0.25) is 4.79 Å². The van der Waals surface area contributed by atoms with Crippen LogP contribution in [0.15, 0.2) is 0 Å². The molecule has 0 aromatic carbocycles. The topological polar surface area (TPSA) is 67.2 Å². The summed E-state index contributed by atoms with van der Waals surface area (Å²) in [5, 5.41) is 5.96. The minimum absolute atomic E-state index is 0.00536. The van der Waals surface area contributed by atoms with Crippen LogP contribution in [-0.4, -0.2) is 31.1 Å². The SMILES string of the molecule is CC(C)(C)NCC(=O)NCCCCN. The molecule has 0 unspecified atom stereocenters. The molecule has 0 saturated carbocycles. The molecule has 0 aliphatic heterocycles. The van der Waals surface area contributed by atoms with Crippen molar-refractivity contribution in [3.63, 3.8) is 0 Å². The van der Waals surface area contributed by atoms with Gasteiger partial charge in [-0.05, 0) is 40.2 Å². The van der Waals surface area contributed by atoms with Crippen LogP contribution in [0.5, 0.6) is 0 Å². The number of carbonyl (C=O) groups excluding carboxylic acids is 1. The van der Waals surface area contributed by atoms with Crippen LogP contribution in [0.4, 0.5) is 0 Å². The van der Waals surface area contributed by atoms with Crippen molar-refractivity contribution >= 4 is 5.91 Å². The maximum Gasteiger partial charge on any atom is 0.233 e. The fraction of sp³-hybridized carbons (Fsp3) is 0.900. The molecule has 0 saturated heterocycles. The fourth-order valence-electron chi connectivity index (χ4n) is 0.905. The van der Waals surface area contributed by atoms with Crippen LogP contribution in [-0.2, 0) is 4.79 Å². The summed E-state index contributed by atoms with van der Waals surface area (Å²) in [6, 6.07) is 0. The Bertz CT molecular complexity index is 163. The van der Waals surface area contributed by atoms with Crippen molar-refractivity contribution in [1.82, 2.24) is 10.6 Å². The van der Waals surface area contributed by atoms with Crippen LogP contribution >= 0.6 is 0 Å². The predicted molar refractivity (Wildman–Crippen MR) is 59.1 cm³/mol. The number of hydrogen-bond donors (Lipinski definition) is 3. The Morgan fingerprint density at radius 2 is 1.93 bits per heavy atom. The van der Waals surface area contributed by atoms with E-state index in [1.807, 2.05) is 20.8 Å². The lowest BCUT2D eigenvalue weighted by Crippen LogP contribution is -2.43. The molecule has 84 valence electrons. The fourth-order valence-corrected chi connectivity index (χ4v) is 0.905. The zero-order valence-electron chi connectivity index (χ0n) is 9.52. The van der Waals surface area contributed by atoms with E-state index in [2.05, 4.69) is 10.6 Å². The monoisotopic (exact) mass is 201 g/mol. The summed E-state index contributed by atoms with van der Waals surface area (Å²) in [5.41, 5.74) is 5.33. The summed E-state index contributed by atoms with van der Waals surface area (Å²) in [5.74, 6) is 0.0527. The molecule has 0 fully saturated rings. The molecule has 1 amide bonds. The van der Waals surface area contributed by atoms with E-state index >= 15 is 0 Å².